The SMILES string of the molecule is CC(C)(C)OC(=O)CCOCCCCCCCl. The summed E-state index contributed by atoms with van der Waals surface area (Å²) in [4.78, 5) is 11.3. The number of hydrogen-bond donors (Lipinski definition) is 0. The topological polar surface area (TPSA) is 35.5 Å². The predicted molar refractivity (Wildman–Crippen MR) is 70.5 cm³/mol. The molecule has 0 aromatic heterocycles. The van der Waals surface area contributed by atoms with Crippen LogP contribution in [-0.4, -0.2) is 30.7 Å². The van der Waals surface area contributed by atoms with Gasteiger partial charge in [-0.3, -0.25) is 4.79 Å². The Morgan fingerprint density at radius 1 is 1.06 bits per heavy atom. The van der Waals surface area contributed by atoms with Crippen LogP contribution in [0.3, 0.4) is 0 Å². The summed E-state index contributed by atoms with van der Waals surface area (Å²) in [6.45, 7) is 6.75. The van der Waals surface area contributed by atoms with Gasteiger partial charge >= 0.3 is 5.97 Å². The van der Waals surface area contributed by atoms with Crippen LogP contribution in [-0.2, 0) is 14.3 Å². The van der Waals surface area contributed by atoms with Crippen LogP contribution in [0.25, 0.3) is 0 Å². The quantitative estimate of drug-likeness (QED) is 0.363. The summed E-state index contributed by atoms with van der Waals surface area (Å²) in [5.41, 5.74) is -0.404. The van der Waals surface area contributed by atoms with Crippen molar-refractivity contribution in [3.63, 3.8) is 0 Å². The molecule has 0 unspecified atom stereocenters. The van der Waals surface area contributed by atoms with Gasteiger partial charge in [0.2, 0.25) is 0 Å². The molecule has 0 spiro atoms. The highest BCUT2D eigenvalue weighted by Gasteiger charge is 2.15. The van der Waals surface area contributed by atoms with E-state index in [9.17, 15) is 4.79 Å². The Bertz CT molecular complexity index is 199. The Morgan fingerprint density at radius 3 is 2.29 bits per heavy atom. The molecule has 0 aliphatic rings. The Morgan fingerprint density at radius 2 is 1.71 bits per heavy atom. The molecule has 0 rings (SSSR count). The molecule has 0 aromatic carbocycles. The van der Waals surface area contributed by atoms with Gasteiger partial charge in [0, 0.05) is 12.5 Å². The third-order valence-electron chi connectivity index (χ3n) is 2.04. The van der Waals surface area contributed by atoms with Gasteiger partial charge < -0.3 is 9.47 Å². The maximum atomic E-state index is 11.3. The van der Waals surface area contributed by atoms with Crippen molar-refractivity contribution in [3.8, 4) is 0 Å². The lowest BCUT2D eigenvalue weighted by Gasteiger charge is -2.19. The van der Waals surface area contributed by atoms with E-state index in [0.717, 1.165) is 31.6 Å². The van der Waals surface area contributed by atoms with Gasteiger partial charge in [-0.15, -0.1) is 11.6 Å². The average Bonchev–Trinajstić information content (AvgIpc) is 2.19. The summed E-state index contributed by atoms with van der Waals surface area (Å²) in [5, 5.41) is 0. The van der Waals surface area contributed by atoms with Crippen molar-refractivity contribution in [3.05, 3.63) is 0 Å². The van der Waals surface area contributed by atoms with Crippen LogP contribution >= 0.6 is 11.6 Å². The van der Waals surface area contributed by atoms with Gasteiger partial charge in [-0.05, 0) is 33.6 Å². The fraction of sp³-hybridized carbons (Fsp3) is 0.923. The van der Waals surface area contributed by atoms with Crippen LogP contribution in [0.4, 0.5) is 0 Å². The van der Waals surface area contributed by atoms with Gasteiger partial charge in [0.15, 0.2) is 0 Å². The molecule has 0 aliphatic heterocycles. The molecule has 3 nitrogen and oxygen atoms in total. The van der Waals surface area contributed by atoms with Gasteiger partial charge in [-0.1, -0.05) is 12.8 Å². The second kappa shape index (κ2) is 9.72. The monoisotopic (exact) mass is 264 g/mol. The van der Waals surface area contributed by atoms with Crippen LogP contribution in [0.2, 0.25) is 0 Å². The van der Waals surface area contributed by atoms with Crippen LogP contribution in [0.15, 0.2) is 0 Å². The number of alkyl halides is 1. The van der Waals surface area contributed by atoms with Crippen molar-refractivity contribution >= 4 is 17.6 Å². The second-order valence-electron chi connectivity index (χ2n) is 5.05. The standard InChI is InChI=1S/C13H25ClO3/c1-13(2,3)17-12(15)8-11-16-10-7-5-4-6-9-14/h4-11H2,1-3H3. The fourth-order valence-corrected chi connectivity index (χ4v) is 1.49. The number of halogens is 1. The normalized spacial score (nSPS) is 11.5. The molecule has 0 saturated heterocycles. The Hall–Kier alpha value is -0.280. The molecule has 0 aromatic rings. The molecule has 0 amide bonds. The number of esters is 1. The lowest BCUT2D eigenvalue weighted by Crippen LogP contribution is -2.24. The first-order chi connectivity index (χ1) is 7.95. The summed E-state index contributed by atoms with van der Waals surface area (Å²) in [6.07, 6.45) is 4.72. The first-order valence-corrected chi connectivity index (χ1v) is 6.85. The molecule has 0 fully saturated rings. The smallest absolute Gasteiger partial charge is 0.308 e. The third kappa shape index (κ3) is 13.7. The zero-order chi connectivity index (χ0) is 13.1. The highest BCUT2D eigenvalue weighted by atomic mass is 35.5. The highest BCUT2D eigenvalue weighted by Crippen LogP contribution is 2.08. The zero-order valence-electron chi connectivity index (χ0n) is 11.3. The summed E-state index contributed by atoms with van der Waals surface area (Å²) in [6, 6.07) is 0. The van der Waals surface area contributed by atoms with Crippen molar-refractivity contribution in [1.29, 1.82) is 0 Å². The van der Waals surface area contributed by atoms with E-state index in [1.165, 1.54) is 0 Å². The minimum Gasteiger partial charge on any atom is -0.460 e. The Labute approximate surface area is 110 Å². The number of hydrogen-bond acceptors (Lipinski definition) is 3. The molecular weight excluding hydrogens is 240 g/mol. The van der Waals surface area contributed by atoms with Gasteiger partial charge in [0.05, 0.1) is 13.0 Å². The largest absolute Gasteiger partial charge is 0.460 e. The summed E-state index contributed by atoms with van der Waals surface area (Å²) in [7, 11) is 0. The zero-order valence-corrected chi connectivity index (χ0v) is 12.0. The Kier molecular flexibility index (Phi) is 9.56. The minimum absolute atomic E-state index is 0.195. The van der Waals surface area contributed by atoms with Gasteiger partial charge in [0.1, 0.15) is 5.60 Å². The maximum absolute atomic E-state index is 11.3. The molecule has 0 saturated carbocycles. The van der Waals surface area contributed by atoms with Crippen LogP contribution in [0.1, 0.15) is 52.9 Å². The number of unbranched alkanes of at least 4 members (excludes halogenated alkanes) is 3. The summed E-state index contributed by atoms with van der Waals surface area (Å²) < 4.78 is 10.5. The van der Waals surface area contributed by atoms with E-state index in [-0.39, 0.29) is 5.97 Å². The molecule has 4 heteroatoms. The number of rotatable bonds is 9. The number of carbonyl (C=O) groups excluding carboxylic acids is 1. The average molecular weight is 265 g/mol. The van der Waals surface area contributed by atoms with Crippen molar-refractivity contribution in [2.24, 2.45) is 0 Å². The first-order valence-electron chi connectivity index (χ1n) is 6.31. The molecule has 0 N–H and O–H groups in total. The van der Waals surface area contributed by atoms with E-state index < -0.39 is 5.60 Å². The number of ether oxygens (including phenoxy) is 2. The molecular formula is C13H25ClO3. The van der Waals surface area contributed by atoms with E-state index in [0.29, 0.717) is 19.6 Å². The molecule has 0 aliphatic carbocycles. The number of carbonyl (C=O) groups is 1. The summed E-state index contributed by atoms with van der Waals surface area (Å²) in [5.74, 6) is 0.541. The van der Waals surface area contributed by atoms with Gasteiger partial charge in [0.25, 0.3) is 0 Å². The van der Waals surface area contributed by atoms with Crippen LogP contribution in [0.5, 0.6) is 0 Å². The highest BCUT2D eigenvalue weighted by molar-refractivity contribution is 6.17. The van der Waals surface area contributed by atoms with Crippen LogP contribution < -0.4 is 0 Å². The molecule has 17 heavy (non-hydrogen) atoms. The van der Waals surface area contributed by atoms with Crippen molar-refractivity contribution < 1.29 is 14.3 Å². The maximum Gasteiger partial charge on any atom is 0.308 e. The van der Waals surface area contributed by atoms with Crippen molar-refractivity contribution in [1.82, 2.24) is 0 Å². The predicted octanol–water partition coefficient (Wildman–Crippen LogP) is 3.53. The molecule has 0 bridgehead atoms. The van der Waals surface area contributed by atoms with E-state index in [1.807, 2.05) is 20.8 Å². The molecule has 102 valence electrons. The lowest BCUT2D eigenvalue weighted by molar-refractivity contribution is -0.156. The molecule has 0 atom stereocenters. The van der Waals surface area contributed by atoms with Gasteiger partial charge in [-0.25, -0.2) is 0 Å². The lowest BCUT2D eigenvalue weighted by atomic mass is 10.2. The Balaban J connectivity index is 3.25. The van der Waals surface area contributed by atoms with E-state index >= 15 is 0 Å². The minimum atomic E-state index is -0.404. The van der Waals surface area contributed by atoms with E-state index in [4.69, 9.17) is 21.1 Å². The van der Waals surface area contributed by atoms with Gasteiger partial charge in [-0.2, -0.15) is 0 Å². The second-order valence-corrected chi connectivity index (χ2v) is 5.43. The summed E-state index contributed by atoms with van der Waals surface area (Å²) >= 11 is 5.57. The fourth-order valence-electron chi connectivity index (χ4n) is 1.30. The third-order valence-corrected chi connectivity index (χ3v) is 2.31. The van der Waals surface area contributed by atoms with Crippen molar-refractivity contribution in [2.45, 2.75) is 58.5 Å². The van der Waals surface area contributed by atoms with E-state index in [1.54, 1.807) is 0 Å². The van der Waals surface area contributed by atoms with E-state index in [2.05, 4.69) is 0 Å². The first kappa shape index (κ1) is 16.7. The van der Waals surface area contributed by atoms with Crippen molar-refractivity contribution in [2.75, 3.05) is 19.1 Å². The molecule has 0 radical (unpaired) electrons. The molecule has 0 heterocycles. The van der Waals surface area contributed by atoms with Crippen LogP contribution in [0, 0.1) is 0 Å².